The van der Waals surface area contributed by atoms with Crippen molar-refractivity contribution < 1.29 is 9.53 Å². The topological polar surface area (TPSA) is 55.6 Å². The van der Waals surface area contributed by atoms with Crippen LogP contribution in [-0.4, -0.2) is 55.7 Å². The number of carbonyl (C=O) groups is 1. The van der Waals surface area contributed by atoms with Crippen molar-refractivity contribution in [2.75, 3.05) is 38.8 Å². The van der Waals surface area contributed by atoms with Crippen LogP contribution in [0.2, 0.25) is 0 Å². The molecular weight excluding hydrogens is 236 g/mol. The number of nitrogens with zero attached hydrogens (tertiary/aromatic N) is 1. The summed E-state index contributed by atoms with van der Waals surface area (Å²) in [5.41, 5.74) is 7.15. The second-order valence-electron chi connectivity index (χ2n) is 4.22. The lowest BCUT2D eigenvalue weighted by Crippen LogP contribution is -2.45. The van der Waals surface area contributed by atoms with Gasteiger partial charge in [0.15, 0.2) is 0 Å². The van der Waals surface area contributed by atoms with Gasteiger partial charge in [-0.15, -0.1) is 0 Å². The smallest absolute Gasteiger partial charge is 0.239 e. The third-order valence-corrected chi connectivity index (χ3v) is 3.54. The first-order chi connectivity index (χ1) is 8.19. The first kappa shape index (κ1) is 14.5. The number of amides is 1. The van der Waals surface area contributed by atoms with Crippen LogP contribution in [0.4, 0.5) is 0 Å². The molecule has 0 radical (unpaired) electrons. The number of hydrogen-bond donors (Lipinski definition) is 1. The summed E-state index contributed by atoms with van der Waals surface area (Å²) in [5, 5.41) is 0. The van der Waals surface area contributed by atoms with Gasteiger partial charge in [0.25, 0.3) is 0 Å². The number of rotatable bonds is 6. The Kier molecular flexibility index (Phi) is 6.62. The van der Waals surface area contributed by atoms with E-state index in [0.29, 0.717) is 13.2 Å². The van der Waals surface area contributed by atoms with Crippen LogP contribution < -0.4 is 5.73 Å². The van der Waals surface area contributed by atoms with Crippen LogP contribution >= 0.6 is 11.8 Å². The zero-order valence-corrected chi connectivity index (χ0v) is 11.5. The number of ether oxygens (including phenoxy) is 1. The monoisotopic (exact) mass is 258 g/mol. The van der Waals surface area contributed by atoms with Crippen LogP contribution in [0, 0.1) is 0 Å². The van der Waals surface area contributed by atoms with E-state index in [1.807, 2.05) is 11.2 Å². The molecule has 0 aromatic heterocycles. The molecule has 0 fully saturated rings. The zero-order valence-electron chi connectivity index (χ0n) is 10.6. The molecule has 2 N–H and O–H groups in total. The minimum Gasteiger partial charge on any atom is -0.380 e. The molecule has 4 nitrogen and oxygen atoms in total. The fourth-order valence-electron chi connectivity index (χ4n) is 1.83. The molecule has 1 atom stereocenters. The van der Waals surface area contributed by atoms with Crippen LogP contribution in [0.25, 0.3) is 0 Å². The summed E-state index contributed by atoms with van der Waals surface area (Å²) >= 11 is 1.72. The average Bonchev–Trinajstić information content (AvgIpc) is 2.36. The SMILES string of the molecule is COCC1=CCN(C(=O)[C@H](N)CCSC)CC1. The van der Waals surface area contributed by atoms with E-state index in [1.165, 1.54) is 5.57 Å². The maximum atomic E-state index is 12.0. The predicted molar refractivity (Wildman–Crippen MR) is 72.1 cm³/mol. The van der Waals surface area contributed by atoms with Gasteiger partial charge in [0, 0.05) is 20.2 Å². The Labute approximate surface area is 108 Å². The first-order valence-corrected chi connectivity index (χ1v) is 7.28. The maximum absolute atomic E-state index is 12.0. The average molecular weight is 258 g/mol. The molecule has 1 aliphatic rings. The van der Waals surface area contributed by atoms with E-state index in [2.05, 4.69) is 6.08 Å². The molecule has 0 aromatic rings. The molecule has 1 heterocycles. The Bertz CT molecular complexity index is 282. The Hall–Kier alpha value is -0.520. The lowest BCUT2D eigenvalue weighted by Gasteiger charge is -2.28. The van der Waals surface area contributed by atoms with Crippen molar-refractivity contribution in [3.63, 3.8) is 0 Å². The van der Waals surface area contributed by atoms with E-state index >= 15 is 0 Å². The Morgan fingerprint density at radius 2 is 2.47 bits per heavy atom. The fraction of sp³-hybridized carbons (Fsp3) is 0.750. The quantitative estimate of drug-likeness (QED) is 0.718. The first-order valence-electron chi connectivity index (χ1n) is 5.89. The van der Waals surface area contributed by atoms with Crippen molar-refractivity contribution in [1.82, 2.24) is 4.90 Å². The minimum atomic E-state index is -0.347. The van der Waals surface area contributed by atoms with Crippen LogP contribution in [0.15, 0.2) is 11.6 Å². The number of carbonyl (C=O) groups excluding carboxylic acids is 1. The number of hydrogen-bond acceptors (Lipinski definition) is 4. The van der Waals surface area contributed by atoms with E-state index in [1.54, 1.807) is 18.9 Å². The van der Waals surface area contributed by atoms with Crippen LogP contribution in [0.5, 0.6) is 0 Å². The number of thioether (sulfide) groups is 1. The highest BCUT2D eigenvalue weighted by Crippen LogP contribution is 2.12. The summed E-state index contributed by atoms with van der Waals surface area (Å²) in [7, 11) is 1.69. The molecule has 98 valence electrons. The highest BCUT2D eigenvalue weighted by atomic mass is 32.2. The van der Waals surface area contributed by atoms with Gasteiger partial charge in [-0.1, -0.05) is 6.08 Å². The van der Waals surface area contributed by atoms with E-state index in [9.17, 15) is 4.79 Å². The van der Waals surface area contributed by atoms with Gasteiger partial charge >= 0.3 is 0 Å². The number of methoxy groups -OCH3 is 1. The zero-order chi connectivity index (χ0) is 12.7. The molecule has 0 aliphatic carbocycles. The Balaban J connectivity index is 2.39. The Morgan fingerprint density at radius 3 is 3.00 bits per heavy atom. The van der Waals surface area contributed by atoms with Gasteiger partial charge in [0.2, 0.25) is 5.91 Å². The molecule has 0 unspecified atom stereocenters. The van der Waals surface area contributed by atoms with Gasteiger partial charge in [-0.25, -0.2) is 0 Å². The van der Waals surface area contributed by atoms with Gasteiger partial charge in [-0.2, -0.15) is 11.8 Å². The van der Waals surface area contributed by atoms with E-state index in [0.717, 1.165) is 25.1 Å². The second kappa shape index (κ2) is 7.74. The predicted octanol–water partition coefficient (Wildman–Crippen LogP) is 0.872. The summed E-state index contributed by atoms with van der Waals surface area (Å²) < 4.78 is 5.08. The van der Waals surface area contributed by atoms with Crippen molar-refractivity contribution >= 4 is 17.7 Å². The van der Waals surface area contributed by atoms with Gasteiger partial charge in [0.05, 0.1) is 12.6 Å². The van der Waals surface area contributed by atoms with Crippen LogP contribution in [0.3, 0.4) is 0 Å². The third-order valence-electron chi connectivity index (χ3n) is 2.89. The van der Waals surface area contributed by atoms with Gasteiger partial charge in [-0.3, -0.25) is 4.79 Å². The molecular formula is C12H22N2O2S. The lowest BCUT2D eigenvalue weighted by molar-refractivity contribution is -0.132. The normalized spacial score (nSPS) is 17.8. The van der Waals surface area contributed by atoms with E-state index in [4.69, 9.17) is 10.5 Å². The fourth-order valence-corrected chi connectivity index (χ4v) is 2.32. The van der Waals surface area contributed by atoms with Crippen LogP contribution in [0.1, 0.15) is 12.8 Å². The molecule has 0 saturated heterocycles. The van der Waals surface area contributed by atoms with Crippen molar-refractivity contribution in [3.8, 4) is 0 Å². The van der Waals surface area contributed by atoms with Crippen molar-refractivity contribution in [2.45, 2.75) is 18.9 Å². The van der Waals surface area contributed by atoms with Gasteiger partial charge in [0.1, 0.15) is 0 Å². The van der Waals surface area contributed by atoms with Crippen molar-refractivity contribution in [2.24, 2.45) is 5.73 Å². The standard InChI is InChI=1S/C12H22N2O2S/c1-16-9-10-3-6-14(7-4-10)12(15)11(13)5-8-17-2/h3,11H,4-9,13H2,1-2H3/t11-/m1/s1. The maximum Gasteiger partial charge on any atom is 0.239 e. The minimum absolute atomic E-state index is 0.0757. The second-order valence-corrected chi connectivity index (χ2v) is 5.20. The van der Waals surface area contributed by atoms with Gasteiger partial charge < -0.3 is 15.4 Å². The molecule has 0 spiro atoms. The highest BCUT2D eigenvalue weighted by molar-refractivity contribution is 7.98. The molecule has 5 heteroatoms. The van der Waals surface area contributed by atoms with Crippen LogP contribution in [-0.2, 0) is 9.53 Å². The summed E-state index contributed by atoms with van der Waals surface area (Å²) in [6.07, 6.45) is 5.75. The summed E-state index contributed by atoms with van der Waals surface area (Å²) in [6, 6.07) is -0.347. The Morgan fingerprint density at radius 1 is 1.71 bits per heavy atom. The van der Waals surface area contributed by atoms with Gasteiger partial charge in [-0.05, 0) is 30.4 Å². The van der Waals surface area contributed by atoms with Crippen molar-refractivity contribution in [1.29, 1.82) is 0 Å². The molecule has 1 rings (SSSR count). The molecule has 17 heavy (non-hydrogen) atoms. The molecule has 0 bridgehead atoms. The lowest BCUT2D eigenvalue weighted by atomic mass is 10.1. The summed E-state index contributed by atoms with van der Waals surface area (Å²) in [4.78, 5) is 13.8. The van der Waals surface area contributed by atoms with Crippen molar-refractivity contribution in [3.05, 3.63) is 11.6 Å². The summed E-state index contributed by atoms with van der Waals surface area (Å²) in [5.74, 6) is 1.01. The molecule has 0 aromatic carbocycles. The third kappa shape index (κ3) is 4.69. The van der Waals surface area contributed by atoms with E-state index in [-0.39, 0.29) is 11.9 Å². The highest BCUT2D eigenvalue weighted by Gasteiger charge is 2.22. The summed E-state index contributed by atoms with van der Waals surface area (Å²) in [6.45, 7) is 2.10. The molecule has 1 aliphatic heterocycles. The molecule has 0 saturated carbocycles. The molecule has 1 amide bonds. The largest absolute Gasteiger partial charge is 0.380 e. The number of nitrogens with two attached hydrogens (primary N) is 1. The van der Waals surface area contributed by atoms with E-state index < -0.39 is 0 Å².